The molecule has 12 nitrogen and oxygen atoms in total. The van der Waals surface area contributed by atoms with Crippen molar-refractivity contribution in [2.24, 2.45) is 7.05 Å². The number of carbonyl (C=O) groups excluding carboxylic acids is 1. The number of fused-ring (bicyclic) bond motifs is 1. The standard InChI is InChI=1S/C20H19N7O5S/c1-12-8-10-13(11-9-12)33(30,31)25-18(29)22-17-23-19(32-3)24-27(17)20-21-15-7-5-4-6-14(15)16(28)26(20)2/h4-11H,1-3H3,(H2,22,23,24,25,29). The van der Waals surface area contributed by atoms with Crippen LogP contribution in [0.4, 0.5) is 10.7 Å². The Balaban J connectivity index is 1.69. The number of para-hydroxylation sites is 1. The van der Waals surface area contributed by atoms with Crippen molar-refractivity contribution in [3.8, 4) is 12.0 Å². The van der Waals surface area contributed by atoms with Crippen molar-refractivity contribution in [2.45, 2.75) is 11.8 Å². The topological polar surface area (TPSA) is 150 Å². The number of amides is 2. The van der Waals surface area contributed by atoms with Gasteiger partial charge in [-0.25, -0.2) is 22.9 Å². The summed E-state index contributed by atoms with van der Waals surface area (Å²) in [4.78, 5) is 33.6. The summed E-state index contributed by atoms with van der Waals surface area (Å²) in [5.41, 5.74) is 0.928. The Kier molecular flexibility index (Phi) is 5.55. The SMILES string of the molecule is COc1nc(NC(=O)NS(=O)(=O)c2ccc(C)cc2)n(-c2nc3ccccc3c(=O)n2C)n1. The summed E-state index contributed by atoms with van der Waals surface area (Å²) in [6.45, 7) is 1.81. The molecule has 0 bridgehead atoms. The predicted octanol–water partition coefficient (Wildman–Crippen LogP) is 1.34. The second kappa shape index (κ2) is 8.35. The van der Waals surface area contributed by atoms with E-state index in [1.807, 2.05) is 11.6 Å². The Morgan fingerprint density at radius 3 is 2.45 bits per heavy atom. The first-order chi connectivity index (χ1) is 15.7. The number of rotatable bonds is 5. The molecule has 2 aromatic carbocycles. The molecule has 33 heavy (non-hydrogen) atoms. The number of aryl methyl sites for hydroxylation is 1. The predicted molar refractivity (Wildman–Crippen MR) is 119 cm³/mol. The molecule has 2 aromatic heterocycles. The van der Waals surface area contributed by atoms with Crippen LogP contribution in [0.5, 0.6) is 6.01 Å². The lowest BCUT2D eigenvalue weighted by Gasteiger charge is -2.11. The minimum absolute atomic E-state index is 0.0335. The fraction of sp³-hybridized carbons (Fsp3) is 0.150. The fourth-order valence-corrected chi connectivity index (χ4v) is 3.93. The average molecular weight is 469 g/mol. The Bertz CT molecular complexity index is 1520. The maximum absolute atomic E-state index is 12.8. The van der Waals surface area contributed by atoms with Crippen LogP contribution in [0.15, 0.2) is 58.2 Å². The number of hydrogen-bond donors (Lipinski definition) is 2. The average Bonchev–Trinajstić information content (AvgIpc) is 3.18. The number of ether oxygens (including phenoxy) is 1. The molecule has 170 valence electrons. The van der Waals surface area contributed by atoms with Gasteiger partial charge in [-0.2, -0.15) is 9.67 Å². The third-order valence-electron chi connectivity index (χ3n) is 4.70. The number of nitrogens with one attached hydrogen (secondary N) is 2. The summed E-state index contributed by atoms with van der Waals surface area (Å²) in [7, 11) is -1.34. The zero-order chi connectivity index (χ0) is 23.8. The molecule has 0 unspecified atom stereocenters. The quantitative estimate of drug-likeness (QED) is 0.445. The molecule has 0 aliphatic carbocycles. The minimum atomic E-state index is -4.14. The van der Waals surface area contributed by atoms with Gasteiger partial charge in [-0.05, 0) is 31.2 Å². The van der Waals surface area contributed by atoms with E-state index in [9.17, 15) is 18.0 Å². The normalized spacial score (nSPS) is 11.4. The van der Waals surface area contributed by atoms with E-state index >= 15 is 0 Å². The number of hydrogen-bond acceptors (Lipinski definition) is 8. The molecule has 0 saturated carbocycles. The van der Waals surface area contributed by atoms with Crippen LogP contribution in [-0.2, 0) is 17.1 Å². The highest BCUT2D eigenvalue weighted by atomic mass is 32.2. The highest BCUT2D eigenvalue weighted by Crippen LogP contribution is 2.17. The zero-order valence-corrected chi connectivity index (χ0v) is 18.6. The highest BCUT2D eigenvalue weighted by molar-refractivity contribution is 7.90. The van der Waals surface area contributed by atoms with E-state index < -0.39 is 16.1 Å². The van der Waals surface area contributed by atoms with Gasteiger partial charge in [0.05, 0.1) is 22.9 Å². The number of urea groups is 1. The van der Waals surface area contributed by atoms with Crippen molar-refractivity contribution in [1.29, 1.82) is 0 Å². The molecule has 4 rings (SSSR count). The van der Waals surface area contributed by atoms with Crippen molar-refractivity contribution in [2.75, 3.05) is 12.4 Å². The van der Waals surface area contributed by atoms with E-state index in [1.165, 1.54) is 30.9 Å². The molecule has 0 aliphatic heterocycles. The molecule has 2 amide bonds. The Morgan fingerprint density at radius 2 is 1.76 bits per heavy atom. The number of aromatic nitrogens is 5. The van der Waals surface area contributed by atoms with E-state index in [1.54, 1.807) is 36.4 Å². The van der Waals surface area contributed by atoms with E-state index in [4.69, 9.17) is 4.74 Å². The summed E-state index contributed by atoms with van der Waals surface area (Å²) in [5.74, 6) is -0.174. The van der Waals surface area contributed by atoms with Crippen molar-refractivity contribution >= 4 is 32.9 Å². The lowest BCUT2D eigenvalue weighted by atomic mass is 10.2. The largest absolute Gasteiger partial charge is 0.466 e. The van der Waals surface area contributed by atoms with Crippen molar-refractivity contribution in [3.63, 3.8) is 0 Å². The summed E-state index contributed by atoms with van der Waals surface area (Å²) in [6, 6.07) is 11.5. The van der Waals surface area contributed by atoms with Crippen LogP contribution in [0.1, 0.15) is 5.56 Å². The number of carbonyl (C=O) groups is 1. The van der Waals surface area contributed by atoms with Crippen molar-refractivity contribution in [3.05, 3.63) is 64.4 Å². The molecule has 0 spiro atoms. The van der Waals surface area contributed by atoms with E-state index in [-0.39, 0.29) is 28.4 Å². The first-order valence-electron chi connectivity index (χ1n) is 9.57. The van der Waals surface area contributed by atoms with Gasteiger partial charge in [-0.1, -0.05) is 29.8 Å². The molecule has 0 saturated heterocycles. The van der Waals surface area contributed by atoms with Gasteiger partial charge in [-0.15, -0.1) is 5.10 Å². The van der Waals surface area contributed by atoms with Gasteiger partial charge in [0, 0.05) is 7.05 Å². The summed E-state index contributed by atoms with van der Waals surface area (Å²) < 4.78 is 34.3. The van der Waals surface area contributed by atoms with Gasteiger partial charge in [0.2, 0.25) is 11.9 Å². The van der Waals surface area contributed by atoms with Crippen LogP contribution < -0.4 is 20.3 Å². The van der Waals surface area contributed by atoms with Crippen molar-refractivity contribution < 1.29 is 17.9 Å². The molecule has 0 atom stereocenters. The lowest BCUT2D eigenvalue weighted by molar-refractivity contribution is 0.256. The van der Waals surface area contributed by atoms with Crippen LogP contribution in [0.2, 0.25) is 0 Å². The van der Waals surface area contributed by atoms with Crippen LogP contribution in [0, 0.1) is 6.92 Å². The van der Waals surface area contributed by atoms with Crippen LogP contribution in [-0.4, -0.2) is 45.9 Å². The molecule has 4 aromatic rings. The highest BCUT2D eigenvalue weighted by Gasteiger charge is 2.22. The second-order valence-electron chi connectivity index (χ2n) is 7.00. The van der Waals surface area contributed by atoms with Crippen molar-refractivity contribution in [1.82, 2.24) is 29.0 Å². The molecular formula is C20H19N7O5S. The molecule has 0 aliphatic rings. The minimum Gasteiger partial charge on any atom is -0.466 e. The molecule has 13 heteroatoms. The van der Waals surface area contributed by atoms with E-state index in [0.717, 1.165) is 10.2 Å². The third-order valence-corrected chi connectivity index (χ3v) is 6.05. The van der Waals surface area contributed by atoms with Gasteiger partial charge in [-0.3, -0.25) is 14.7 Å². The summed E-state index contributed by atoms with van der Waals surface area (Å²) >= 11 is 0. The third kappa shape index (κ3) is 4.25. The van der Waals surface area contributed by atoms with E-state index in [2.05, 4.69) is 20.4 Å². The Labute approximate surface area is 187 Å². The zero-order valence-electron chi connectivity index (χ0n) is 17.8. The van der Waals surface area contributed by atoms with Crippen LogP contribution in [0.3, 0.4) is 0 Å². The maximum atomic E-state index is 12.8. The smallest absolute Gasteiger partial charge is 0.337 e. The molecule has 2 heterocycles. The molecular weight excluding hydrogens is 450 g/mol. The van der Waals surface area contributed by atoms with Gasteiger partial charge in [0.25, 0.3) is 15.6 Å². The second-order valence-corrected chi connectivity index (χ2v) is 8.68. The monoisotopic (exact) mass is 469 g/mol. The molecule has 0 fully saturated rings. The van der Waals surface area contributed by atoms with Crippen LogP contribution >= 0.6 is 0 Å². The lowest BCUT2D eigenvalue weighted by Crippen LogP contribution is -2.35. The van der Waals surface area contributed by atoms with E-state index in [0.29, 0.717) is 10.9 Å². The Hall–Kier alpha value is -4.26. The number of nitrogens with zero attached hydrogens (tertiary/aromatic N) is 5. The Morgan fingerprint density at radius 1 is 1.06 bits per heavy atom. The number of anilines is 1. The fourth-order valence-electron chi connectivity index (χ4n) is 3.02. The van der Waals surface area contributed by atoms with Gasteiger partial charge < -0.3 is 4.74 Å². The summed E-state index contributed by atoms with van der Waals surface area (Å²) in [5, 5.41) is 6.81. The van der Waals surface area contributed by atoms with Gasteiger partial charge >= 0.3 is 12.0 Å². The summed E-state index contributed by atoms with van der Waals surface area (Å²) in [6.07, 6.45) is 0. The molecule has 2 N–H and O–H groups in total. The number of sulfonamides is 1. The first kappa shape index (κ1) is 22.0. The molecule has 0 radical (unpaired) electrons. The maximum Gasteiger partial charge on any atom is 0.337 e. The van der Waals surface area contributed by atoms with Crippen LogP contribution in [0.25, 0.3) is 16.9 Å². The number of benzene rings is 2. The van der Waals surface area contributed by atoms with Gasteiger partial charge in [0.15, 0.2) is 0 Å². The first-order valence-corrected chi connectivity index (χ1v) is 11.1. The van der Waals surface area contributed by atoms with Gasteiger partial charge in [0.1, 0.15) is 0 Å². The number of methoxy groups -OCH3 is 1.